The van der Waals surface area contributed by atoms with Gasteiger partial charge in [0, 0.05) is 36.9 Å². The summed E-state index contributed by atoms with van der Waals surface area (Å²) >= 11 is 6.26. The Morgan fingerprint density at radius 2 is 1.97 bits per heavy atom. The number of rotatable bonds is 5. The fourth-order valence-electron chi connectivity index (χ4n) is 5.14. The highest BCUT2D eigenvalue weighted by Crippen LogP contribution is 2.54. The Hall–Kier alpha value is -1.96. The third-order valence-electron chi connectivity index (χ3n) is 6.56. The zero-order valence-electron chi connectivity index (χ0n) is 17.0. The molecular weight excluding hydrogens is 394 g/mol. The molecule has 0 radical (unpaired) electrons. The molecule has 3 amide bonds. The van der Waals surface area contributed by atoms with Crippen LogP contribution < -0.4 is 10.6 Å². The molecule has 29 heavy (non-hydrogen) atoms. The van der Waals surface area contributed by atoms with Crippen LogP contribution in [0.5, 0.6) is 0 Å². The van der Waals surface area contributed by atoms with E-state index in [0.717, 1.165) is 5.56 Å². The zero-order valence-corrected chi connectivity index (χ0v) is 17.8. The van der Waals surface area contributed by atoms with Gasteiger partial charge in [0.15, 0.2) is 0 Å². The molecule has 4 unspecified atom stereocenters. The van der Waals surface area contributed by atoms with Crippen LogP contribution in [0.1, 0.15) is 31.4 Å². The maximum atomic E-state index is 13.4. The van der Waals surface area contributed by atoms with Gasteiger partial charge in [-0.15, -0.1) is 0 Å². The molecule has 156 valence electrons. The number of benzene rings is 1. The van der Waals surface area contributed by atoms with Gasteiger partial charge in [0.1, 0.15) is 5.54 Å². The van der Waals surface area contributed by atoms with Crippen molar-refractivity contribution in [2.75, 3.05) is 25.6 Å². The summed E-state index contributed by atoms with van der Waals surface area (Å²) in [6.45, 7) is 6.60. The molecular formula is C21H26ClN3O4. The van der Waals surface area contributed by atoms with E-state index in [4.69, 9.17) is 16.3 Å². The number of ether oxygens (including phenoxy) is 1. The van der Waals surface area contributed by atoms with Crippen LogP contribution in [0.2, 0.25) is 5.02 Å². The van der Waals surface area contributed by atoms with Crippen molar-refractivity contribution in [2.45, 2.75) is 38.8 Å². The minimum absolute atomic E-state index is 0.0720. The molecule has 3 aliphatic heterocycles. The number of anilines is 1. The van der Waals surface area contributed by atoms with Gasteiger partial charge in [-0.25, -0.2) is 0 Å². The number of hydrogen-bond donors (Lipinski definition) is 2. The van der Waals surface area contributed by atoms with Gasteiger partial charge in [-0.3, -0.25) is 24.6 Å². The average Bonchev–Trinajstić information content (AvgIpc) is 3.26. The van der Waals surface area contributed by atoms with E-state index in [-0.39, 0.29) is 29.7 Å². The second-order valence-corrected chi connectivity index (χ2v) is 8.86. The Morgan fingerprint density at radius 1 is 1.24 bits per heavy atom. The van der Waals surface area contributed by atoms with E-state index >= 15 is 0 Å². The van der Waals surface area contributed by atoms with Crippen molar-refractivity contribution in [1.82, 2.24) is 10.2 Å². The van der Waals surface area contributed by atoms with Gasteiger partial charge in [-0.05, 0) is 30.9 Å². The second-order valence-electron chi connectivity index (χ2n) is 8.45. The number of halogens is 1. The summed E-state index contributed by atoms with van der Waals surface area (Å²) in [5, 5.41) is 6.89. The molecule has 0 aromatic heterocycles. The molecule has 2 N–H and O–H groups in total. The first-order valence-electron chi connectivity index (χ1n) is 9.98. The molecule has 2 fully saturated rings. The Balaban J connectivity index is 1.83. The van der Waals surface area contributed by atoms with Crippen molar-refractivity contribution in [3.8, 4) is 0 Å². The molecule has 4 rings (SSSR count). The highest BCUT2D eigenvalue weighted by atomic mass is 35.5. The van der Waals surface area contributed by atoms with E-state index in [9.17, 15) is 14.4 Å². The number of fused-ring (bicyclic) bond motifs is 4. The number of amides is 3. The third-order valence-corrected chi connectivity index (χ3v) is 6.97. The first-order chi connectivity index (χ1) is 13.8. The minimum atomic E-state index is -1.26. The molecule has 2 saturated heterocycles. The highest BCUT2D eigenvalue weighted by molar-refractivity contribution is 6.32. The molecule has 0 bridgehead atoms. The Morgan fingerprint density at radius 3 is 2.62 bits per heavy atom. The van der Waals surface area contributed by atoms with E-state index in [1.54, 1.807) is 19.2 Å². The molecule has 3 heterocycles. The summed E-state index contributed by atoms with van der Waals surface area (Å²) in [5.74, 6) is -2.06. The predicted molar refractivity (Wildman–Crippen MR) is 108 cm³/mol. The van der Waals surface area contributed by atoms with Crippen LogP contribution in [-0.2, 0) is 24.7 Å². The Labute approximate surface area is 175 Å². The third kappa shape index (κ3) is 2.67. The number of likely N-dealkylation sites (tertiary alicyclic amines) is 1. The second kappa shape index (κ2) is 7.07. The summed E-state index contributed by atoms with van der Waals surface area (Å²) in [7, 11) is 1.59. The number of carbonyl (C=O) groups is 3. The highest BCUT2D eigenvalue weighted by Gasteiger charge is 2.70. The van der Waals surface area contributed by atoms with E-state index in [1.165, 1.54) is 4.90 Å². The smallest absolute Gasteiger partial charge is 0.250 e. The van der Waals surface area contributed by atoms with Crippen LogP contribution in [0.15, 0.2) is 12.1 Å². The van der Waals surface area contributed by atoms with Gasteiger partial charge < -0.3 is 10.1 Å². The van der Waals surface area contributed by atoms with Gasteiger partial charge in [0.2, 0.25) is 17.7 Å². The van der Waals surface area contributed by atoms with Crippen LogP contribution in [0.3, 0.4) is 0 Å². The number of methoxy groups -OCH3 is 1. The van der Waals surface area contributed by atoms with E-state index in [2.05, 4.69) is 10.6 Å². The summed E-state index contributed by atoms with van der Waals surface area (Å²) in [4.78, 5) is 41.4. The first-order valence-corrected chi connectivity index (χ1v) is 10.4. The maximum Gasteiger partial charge on any atom is 0.250 e. The fraction of sp³-hybridized carbons (Fsp3) is 0.571. The first kappa shape index (κ1) is 20.3. The normalized spacial score (nSPS) is 30.5. The lowest BCUT2D eigenvalue weighted by Gasteiger charge is -2.30. The lowest BCUT2D eigenvalue weighted by atomic mass is 9.75. The summed E-state index contributed by atoms with van der Waals surface area (Å²) in [6.07, 6.45) is 0.567. The molecule has 3 aliphatic rings. The topological polar surface area (TPSA) is 87.7 Å². The van der Waals surface area contributed by atoms with Gasteiger partial charge in [-0.1, -0.05) is 31.5 Å². The zero-order chi connectivity index (χ0) is 21.1. The Kier molecular flexibility index (Phi) is 4.96. The molecule has 0 saturated carbocycles. The van der Waals surface area contributed by atoms with Crippen LogP contribution in [0.4, 0.5) is 5.69 Å². The van der Waals surface area contributed by atoms with Crippen molar-refractivity contribution in [3.63, 3.8) is 0 Å². The van der Waals surface area contributed by atoms with Crippen LogP contribution in [-0.4, -0.2) is 48.9 Å². The summed E-state index contributed by atoms with van der Waals surface area (Å²) < 4.78 is 5.07. The van der Waals surface area contributed by atoms with Crippen molar-refractivity contribution >= 4 is 35.0 Å². The van der Waals surface area contributed by atoms with Crippen LogP contribution >= 0.6 is 11.6 Å². The molecule has 1 aromatic carbocycles. The quantitative estimate of drug-likeness (QED) is 0.563. The summed E-state index contributed by atoms with van der Waals surface area (Å²) in [6, 6.07) is 3.26. The predicted octanol–water partition coefficient (Wildman–Crippen LogP) is 2.06. The fourth-order valence-corrected chi connectivity index (χ4v) is 5.30. The van der Waals surface area contributed by atoms with Crippen LogP contribution in [0.25, 0.3) is 0 Å². The molecule has 8 heteroatoms. The van der Waals surface area contributed by atoms with Gasteiger partial charge in [-0.2, -0.15) is 0 Å². The Bertz CT molecular complexity index is 902. The van der Waals surface area contributed by atoms with Crippen molar-refractivity contribution < 1.29 is 19.1 Å². The molecule has 1 spiro atoms. The molecule has 1 aromatic rings. The van der Waals surface area contributed by atoms with Crippen molar-refractivity contribution in [1.29, 1.82) is 0 Å². The number of imide groups is 1. The van der Waals surface area contributed by atoms with Crippen molar-refractivity contribution in [2.24, 2.45) is 17.8 Å². The largest absolute Gasteiger partial charge is 0.385 e. The summed E-state index contributed by atoms with van der Waals surface area (Å²) in [5.41, 5.74) is 0.834. The lowest BCUT2D eigenvalue weighted by molar-refractivity contribution is -0.143. The molecule has 4 atom stereocenters. The minimum Gasteiger partial charge on any atom is -0.385 e. The van der Waals surface area contributed by atoms with E-state index in [1.807, 2.05) is 20.8 Å². The maximum absolute atomic E-state index is 13.4. The molecule has 7 nitrogen and oxygen atoms in total. The monoisotopic (exact) mass is 419 g/mol. The molecule has 0 aliphatic carbocycles. The van der Waals surface area contributed by atoms with Crippen LogP contribution in [0, 0.1) is 24.7 Å². The SMILES string of the molecule is COCCCN1C(=O)C2C(C(C)C)NC3(C(=O)Nc4c3ccc(Cl)c4C)C2C1=O. The number of nitrogens with one attached hydrogen (secondary N) is 2. The van der Waals surface area contributed by atoms with Gasteiger partial charge in [0.05, 0.1) is 17.5 Å². The number of carbonyl (C=O) groups excluding carboxylic acids is 3. The number of hydrogen-bond acceptors (Lipinski definition) is 5. The average molecular weight is 420 g/mol. The number of nitrogens with zero attached hydrogens (tertiary/aromatic N) is 1. The van der Waals surface area contributed by atoms with E-state index < -0.39 is 17.4 Å². The standard InChI is InChI=1S/C21H26ClN3O4/c1-10(2)16-14-15(19(27)25(18(14)26)8-5-9-29-4)21(24-16)12-6-7-13(22)11(3)17(12)23-20(21)28/h6-7,10,14-16,24H,5,8-9H2,1-4H3,(H,23,28). The lowest BCUT2D eigenvalue weighted by Crippen LogP contribution is -2.54. The van der Waals surface area contributed by atoms with E-state index in [0.29, 0.717) is 35.8 Å². The van der Waals surface area contributed by atoms with Crippen molar-refractivity contribution in [3.05, 3.63) is 28.3 Å². The van der Waals surface area contributed by atoms with Gasteiger partial charge >= 0.3 is 0 Å². The van der Waals surface area contributed by atoms with Gasteiger partial charge in [0.25, 0.3) is 0 Å².